The summed E-state index contributed by atoms with van der Waals surface area (Å²) < 4.78 is 10.7. The molecule has 0 aliphatic carbocycles. The SMILES string of the molecule is O=C(OCc1ccccc1)C(C(=O)OCc1ccccc1)c1ccc(Cl)c(Cl)c1Cl. The number of esters is 2. The lowest BCUT2D eigenvalue weighted by molar-refractivity contribution is -0.159. The number of carbonyl (C=O) groups excluding carboxylic acids is 2. The summed E-state index contributed by atoms with van der Waals surface area (Å²) >= 11 is 18.4. The minimum Gasteiger partial charge on any atom is -0.460 e. The number of hydrogen-bond donors (Lipinski definition) is 0. The van der Waals surface area contributed by atoms with E-state index in [0.29, 0.717) is 0 Å². The second-order valence-corrected chi connectivity index (χ2v) is 7.55. The molecule has 0 aliphatic rings. The first-order valence-corrected chi connectivity index (χ1v) is 10.1. The van der Waals surface area contributed by atoms with E-state index in [4.69, 9.17) is 44.3 Å². The summed E-state index contributed by atoms with van der Waals surface area (Å²) in [6, 6.07) is 21.2. The van der Waals surface area contributed by atoms with Gasteiger partial charge in [-0.2, -0.15) is 0 Å². The maximum Gasteiger partial charge on any atom is 0.325 e. The van der Waals surface area contributed by atoms with E-state index in [0.717, 1.165) is 11.1 Å². The van der Waals surface area contributed by atoms with E-state index in [2.05, 4.69) is 0 Å². The van der Waals surface area contributed by atoms with Gasteiger partial charge < -0.3 is 9.47 Å². The number of halogens is 3. The van der Waals surface area contributed by atoms with Crippen LogP contribution in [0, 0.1) is 0 Å². The highest BCUT2D eigenvalue weighted by atomic mass is 35.5. The third-order valence-electron chi connectivity index (χ3n) is 4.30. The fourth-order valence-corrected chi connectivity index (χ4v) is 3.39. The van der Waals surface area contributed by atoms with E-state index in [-0.39, 0.29) is 33.8 Å². The molecule has 4 nitrogen and oxygen atoms in total. The first-order chi connectivity index (χ1) is 14.5. The molecule has 0 saturated carbocycles. The summed E-state index contributed by atoms with van der Waals surface area (Å²) in [6.07, 6.45) is 0. The number of carbonyl (C=O) groups is 2. The maximum atomic E-state index is 12.9. The molecule has 0 bridgehead atoms. The van der Waals surface area contributed by atoms with Crippen molar-refractivity contribution in [2.24, 2.45) is 0 Å². The van der Waals surface area contributed by atoms with Crippen LogP contribution in [0.1, 0.15) is 22.6 Å². The van der Waals surface area contributed by atoms with Gasteiger partial charge in [-0.1, -0.05) is 102 Å². The van der Waals surface area contributed by atoms with E-state index >= 15 is 0 Å². The molecule has 0 radical (unpaired) electrons. The highest BCUT2D eigenvalue weighted by Crippen LogP contribution is 2.37. The summed E-state index contributed by atoms with van der Waals surface area (Å²) in [6.45, 7) is 0.00214. The van der Waals surface area contributed by atoms with Crippen molar-refractivity contribution in [3.63, 3.8) is 0 Å². The number of rotatable bonds is 7. The number of ether oxygens (including phenoxy) is 2. The van der Waals surface area contributed by atoms with Gasteiger partial charge in [-0.3, -0.25) is 9.59 Å². The third-order valence-corrected chi connectivity index (χ3v) is 5.60. The summed E-state index contributed by atoms with van der Waals surface area (Å²) in [5, 5.41) is 0.259. The Morgan fingerprint density at radius 1 is 0.667 bits per heavy atom. The van der Waals surface area contributed by atoms with Gasteiger partial charge in [-0.15, -0.1) is 0 Å². The Morgan fingerprint density at radius 2 is 1.13 bits per heavy atom. The molecule has 3 aromatic carbocycles. The lowest BCUT2D eigenvalue weighted by Gasteiger charge is -2.18. The predicted molar refractivity (Wildman–Crippen MR) is 117 cm³/mol. The van der Waals surface area contributed by atoms with E-state index in [1.165, 1.54) is 12.1 Å². The molecule has 3 aromatic rings. The molecule has 0 unspecified atom stereocenters. The highest BCUT2D eigenvalue weighted by Gasteiger charge is 2.34. The summed E-state index contributed by atoms with van der Waals surface area (Å²) in [7, 11) is 0. The van der Waals surface area contributed by atoms with Crippen molar-refractivity contribution >= 4 is 46.7 Å². The highest BCUT2D eigenvalue weighted by molar-refractivity contribution is 6.48. The average molecular weight is 464 g/mol. The van der Waals surface area contributed by atoms with Crippen LogP contribution >= 0.6 is 34.8 Å². The molecule has 7 heteroatoms. The molecule has 0 fully saturated rings. The van der Waals surface area contributed by atoms with E-state index in [1.807, 2.05) is 60.7 Å². The van der Waals surface area contributed by atoms with Gasteiger partial charge in [0, 0.05) is 0 Å². The molecule has 0 aromatic heterocycles. The number of hydrogen-bond acceptors (Lipinski definition) is 4. The molecule has 0 N–H and O–H groups in total. The van der Waals surface area contributed by atoms with Crippen LogP contribution in [-0.2, 0) is 32.3 Å². The number of benzene rings is 3. The van der Waals surface area contributed by atoms with E-state index in [1.54, 1.807) is 0 Å². The van der Waals surface area contributed by atoms with Crippen molar-refractivity contribution in [2.75, 3.05) is 0 Å². The standard InChI is InChI=1S/C23H17Cl3O4/c24-18-12-11-17(20(25)21(18)26)19(22(27)29-13-15-7-3-1-4-8-15)23(28)30-14-16-9-5-2-6-10-16/h1-12,19H,13-14H2. The van der Waals surface area contributed by atoms with Crippen LogP contribution in [-0.4, -0.2) is 11.9 Å². The zero-order valence-corrected chi connectivity index (χ0v) is 18.0. The minimum absolute atomic E-state index is 0.00107. The van der Waals surface area contributed by atoms with Crippen LogP contribution in [0.4, 0.5) is 0 Å². The molecule has 0 heterocycles. The van der Waals surface area contributed by atoms with Crippen molar-refractivity contribution in [2.45, 2.75) is 19.1 Å². The predicted octanol–water partition coefficient (Wildman–Crippen LogP) is 6.22. The van der Waals surface area contributed by atoms with Gasteiger partial charge in [-0.05, 0) is 22.8 Å². The van der Waals surface area contributed by atoms with Crippen molar-refractivity contribution in [3.05, 3.63) is 105 Å². The average Bonchev–Trinajstić information content (AvgIpc) is 2.78. The lowest BCUT2D eigenvalue weighted by atomic mass is 9.99. The smallest absolute Gasteiger partial charge is 0.325 e. The fourth-order valence-electron chi connectivity index (χ4n) is 2.74. The Labute approximate surface area is 189 Å². The lowest BCUT2D eigenvalue weighted by Crippen LogP contribution is -2.26. The zero-order chi connectivity index (χ0) is 21.5. The van der Waals surface area contributed by atoms with Crippen LogP contribution in [0.5, 0.6) is 0 Å². The molecule has 0 aliphatic heterocycles. The molecule has 154 valence electrons. The van der Waals surface area contributed by atoms with Gasteiger partial charge in [0.15, 0.2) is 5.92 Å². The van der Waals surface area contributed by atoms with Crippen LogP contribution in [0.25, 0.3) is 0 Å². The minimum atomic E-state index is -1.40. The second-order valence-electron chi connectivity index (χ2n) is 6.38. The van der Waals surface area contributed by atoms with Crippen LogP contribution in [0.3, 0.4) is 0 Å². The van der Waals surface area contributed by atoms with Crippen LogP contribution in [0.2, 0.25) is 15.1 Å². The molecule has 0 amide bonds. The van der Waals surface area contributed by atoms with Crippen molar-refractivity contribution in [1.29, 1.82) is 0 Å². The molecule has 3 rings (SSSR count). The maximum absolute atomic E-state index is 12.9. The van der Waals surface area contributed by atoms with E-state index in [9.17, 15) is 9.59 Å². The van der Waals surface area contributed by atoms with Crippen molar-refractivity contribution in [1.82, 2.24) is 0 Å². The van der Waals surface area contributed by atoms with Crippen molar-refractivity contribution in [3.8, 4) is 0 Å². The Bertz CT molecular complexity index is 968. The van der Waals surface area contributed by atoms with Gasteiger partial charge in [0.1, 0.15) is 13.2 Å². The van der Waals surface area contributed by atoms with E-state index < -0.39 is 17.9 Å². The van der Waals surface area contributed by atoms with Crippen LogP contribution < -0.4 is 0 Å². The van der Waals surface area contributed by atoms with Crippen molar-refractivity contribution < 1.29 is 19.1 Å². The first kappa shape index (κ1) is 22.2. The molecule has 0 saturated heterocycles. The molecular formula is C23H17Cl3O4. The van der Waals surface area contributed by atoms with Crippen LogP contribution in [0.15, 0.2) is 72.8 Å². The van der Waals surface area contributed by atoms with Gasteiger partial charge in [0.2, 0.25) is 0 Å². The van der Waals surface area contributed by atoms with Gasteiger partial charge in [0.05, 0.1) is 15.1 Å². The summed E-state index contributed by atoms with van der Waals surface area (Å²) in [5.41, 5.74) is 1.73. The Balaban J connectivity index is 1.83. The Kier molecular flexibility index (Phi) is 7.75. The van der Waals surface area contributed by atoms with Gasteiger partial charge in [-0.25, -0.2) is 0 Å². The quantitative estimate of drug-likeness (QED) is 0.237. The Morgan fingerprint density at radius 3 is 1.60 bits per heavy atom. The molecular weight excluding hydrogens is 447 g/mol. The zero-order valence-electron chi connectivity index (χ0n) is 15.7. The summed E-state index contributed by atoms with van der Waals surface area (Å²) in [4.78, 5) is 25.7. The topological polar surface area (TPSA) is 52.6 Å². The first-order valence-electron chi connectivity index (χ1n) is 9.02. The molecule has 0 atom stereocenters. The molecule has 30 heavy (non-hydrogen) atoms. The second kappa shape index (κ2) is 10.5. The Hall–Kier alpha value is -2.53. The van der Waals surface area contributed by atoms with Gasteiger partial charge >= 0.3 is 11.9 Å². The monoisotopic (exact) mass is 462 g/mol. The fraction of sp³-hybridized carbons (Fsp3) is 0.130. The summed E-state index contributed by atoms with van der Waals surface area (Å²) in [5.74, 6) is -2.99. The largest absolute Gasteiger partial charge is 0.460 e. The molecule has 0 spiro atoms. The normalized spacial score (nSPS) is 10.7. The third kappa shape index (κ3) is 5.54. The van der Waals surface area contributed by atoms with Gasteiger partial charge in [0.25, 0.3) is 0 Å².